The first-order valence-electron chi connectivity index (χ1n) is 8.14. The van der Waals surface area contributed by atoms with Crippen molar-refractivity contribution in [1.82, 2.24) is 14.4 Å². The number of nitrogens with zero attached hydrogens (tertiary/aromatic N) is 2. The number of imidazole rings is 1. The number of methoxy groups -OCH3 is 1. The number of H-pyrrole nitrogens is 1. The maximum Gasteiger partial charge on any atom is 0.202 e. The number of hydrogen-bond acceptors (Lipinski definition) is 4. The molecule has 0 atom stereocenters. The van der Waals surface area contributed by atoms with Gasteiger partial charge in [-0.15, -0.1) is 11.3 Å². The number of allylic oxidation sites excluding steroid dienone is 1. The maximum atomic E-state index is 12.3. The van der Waals surface area contributed by atoms with Gasteiger partial charge in [-0.05, 0) is 55.5 Å². The van der Waals surface area contributed by atoms with Crippen LogP contribution in [-0.2, 0) is 0 Å². The van der Waals surface area contributed by atoms with Gasteiger partial charge in [0.15, 0.2) is 4.96 Å². The fourth-order valence-electron chi connectivity index (χ4n) is 2.82. The van der Waals surface area contributed by atoms with E-state index in [9.17, 15) is 4.79 Å². The number of ketones is 1. The Morgan fingerprint density at radius 2 is 2.08 bits per heavy atom. The molecular weight excluding hydrogens is 346 g/mol. The van der Waals surface area contributed by atoms with Crippen molar-refractivity contribution in [1.29, 1.82) is 0 Å². The van der Waals surface area contributed by atoms with Crippen LogP contribution in [0.1, 0.15) is 21.1 Å². The van der Waals surface area contributed by atoms with E-state index in [0.29, 0.717) is 5.69 Å². The third-order valence-corrected chi connectivity index (χ3v) is 5.00. The summed E-state index contributed by atoms with van der Waals surface area (Å²) in [6, 6.07) is 11.3. The molecule has 1 aromatic carbocycles. The van der Waals surface area contributed by atoms with Gasteiger partial charge in [-0.2, -0.15) is 0 Å². The number of nitrogens with one attached hydrogen (secondary N) is 1. The Hall–Kier alpha value is -3.12. The van der Waals surface area contributed by atoms with Crippen LogP contribution in [0.3, 0.4) is 0 Å². The van der Waals surface area contributed by atoms with Crippen molar-refractivity contribution in [3.63, 3.8) is 0 Å². The van der Waals surface area contributed by atoms with Crippen molar-refractivity contribution in [3.05, 3.63) is 71.1 Å². The van der Waals surface area contributed by atoms with Crippen LogP contribution in [-0.4, -0.2) is 27.3 Å². The standard InChI is InChI=1S/C20H17N3O2S/c1-13-12-23-17(9-10-18(24)16-4-3-11-21-16)19(22-20(23)26-13)14-5-7-15(25-2)8-6-14/h3-12,21H,1-2H3. The molecule has 0 saturated heterocycles. The Labute approximate surface area is 154 Å². The molecule has 0 aliphatic heterocycles. The zero-order chi connectivity index (χ0) is 18.1. The monoisotopic (exact) mass is 363 g/mol. The fourth-order valence-corrected chi connectivity index (χ4v) is 3.65. The topological polar surface area (TPSA) is 59.4 Å². The minimum absolute atomic E-state index is 0.0717. The van der Waals surface area contributed by atoms with E-state index in [0.717, 1.165) is 27.7 Å². The van der Waals surface area contributed by atoms with Crippen molar-refractivity contribution in [2.24, 2.45) is 0 Å². The highest BCUT2D eigenvalue weighted by atomic mass is 32.1. The summed E-state index contributed by atoms with van der Waals surface area (Å²) in [6.07, 6.45) is 7.19. The number of benzene rings is 1. The Kier molecular flexibility index (Phi) is 4.18. The molecule has 0 spiro atoms. The number of aryl methyl sites for hydroxylation is 1. The molecule has 0 aliphatic carbocycles. The second kappa shape index (κ2) is 6.65. The van der Waals surface area contributed by atoms with Crippen molar-refractivity contribution >= 4 is 28.2 Å². The number of ether oxygens (including phenoxy) is 1. The smallest absolute Gasteiger partial charge is 0.202 e. The zero-order valence-electron chi connectivity index (χ0n) is 14.4. The molecular formula is C20H17N3O2S. The van der Waals surface area contributed by atoms with Crippen molar-refractivity contribution in [2.75, 3.05) is 7.11 Å². The minimum Gasteiger partial charge on any atom is -0.497 e. The van der Waals surface area contributed by atoms with Gasteiger partial charge in [0, 0.05) is 22.8 Å². The first kappa shape index (κ1) is 16.4. The van der Waals surface area contributed by atoms with Crippen LogP contribution >= 0.6 is 11.3 Å². The first-order chi connectivity index (χ1) is 12.7. The molecule has 0 amide bonds. The number of thiazole rings is 1. The molecule has 26 heavy (non-hydrogen) atoms. The molecule has 0 unspecified atom stereocenters. The average Bonchev–Trinajstić information content (AvgIpc) is 3.36. The van der Waals surface area contributed by atoms with Crippen LogP contribution in [0.4, 0.5) is 0 Å². The maximum absolute atomic E-state index is 12.3. The van der Waals surface area contributed by atoms with Crippen molar-refractivity contribution < 1.29 is 9.53 Å². The molecule has 4 rings (SSSR count). The van der Waals surface area contributed by atoms with Crippen LogP contribution in [0.2, 0.25) is 0 Å². The summed E-state index contributed by atoms with van der Waals surface area (Å²) in [7, 11) is 1.64. The summed E-state index contributed by atoms with van der Waals surface area (Å²) < 4.78 is 7.26. The SMILES string of the molecule is COc1ccc(-c2nc3sc(C)cn3c2C=CC(=O)c2ccc[nH]2)cc1. The summed E-state index contributed by atoms with van der Waals surface area (Å²) in [5, 5.41) is 0. The lowest BCUT2D eigenvalue weighted by atomic mass is 10.1. The minimum atomic E-state index is -0.0717. The Bertz CT molecular complexity index is 1090. The molecule has 3 aromatic heterocycles. The highest BCUT2D eigenvalue weighted by Gasteiger charge is 2.15. The predicted octanol–water partition coefficient (Wildman–Crippen LogP) is 4.60. The Morgan fingerprint density at radius 1 is 1.27 bits per heavy atom. The zero-order valence-corrected chi connectivity index (χ0v) is 15.2. The quantitative estimate of drug-likeness (QED) is 0.416. The van der Waals surface area contributed by atoms with Gasteiger partial charge in [-0.1, -0.05) is 0 Å². The van der Waals surface area contributed by atoms with Gasteiger partial charge < -0.3 is 9.72 Å². The van der Waals surface area contributed by atoms with Gasteiger partial charge in [0.25, 0.3) is 0 Å². The molecule has 3 heterocycles. The summed E-state index contributed by atoms with van der Waals surface area (Å²) in [5.74, 6) is 0.724. The van der Waals surface area contributed by atoms with E-state index in [-0.39, 0.29) is 5.78 Å². The number of fused-ring (bicyclic) bond motifs is 1. The molecule has 0 radical (unpaired) electrons. The summed E-state index contributed by atoms with van der Waals surface area (Å²) in [4.78, 5) is 22.1. The number of hydrogen-bond donors (Lipinski definition) is 1. The van der Waals surface area contributed by atoms with Crippen LogP contribution < -0.4 is 4.74 Å². The largest absolute Gasteiger partial charge is 0.497 e. The third kappa shape index (κ3) is 2.95. The molecule has 4 aromatic rings. The lowest BCUT2D eigenvalue weighted by Gasteiger charge is -2.03. The van der Waals surface area contributed by atoms with Crippen LogP contribution in [0, 0.1) is 6.92 Å². The number of rotatable bonds is 5. The van der Waals surface area contributed by atoms with Crippen LogP contribution in [0.15, 0.2) is 54.9 Å². The van der Waals surface area contributed by atoms with E-state index >= 15 is 0 Å². The second-order valence-electron chi connectivity index (χ2n) is 5.85. The summed E-state index contributed by atoms with van der Waals surface area (Å²) >= 11 is 1.62. The number of carbonyl (C=O) groups excluding carboxylic acids is 1. The molecule has 1 N–H and O–H groups in total. The Balaban J connectivity index is 1.79. The van der Waals surface area contributed by atoms with E-state index in [2.05, 4.69) is 4.98 Å². The van der Waals surface area contributed by atoms with E-state index in [1.807, 2.05) is 53.9 Å². The van der Waals surface area contributed by atoms with E-state index in [4.69, 9.17) is 9.72 Å². The molecule has 0 saturated carbocycles. The summed E-state index contributed by atoms with van der Waals surface area (Å²) in [6.45, 7) is 2.05. The average molecular weight is 363 g/mol. The third-order valence-electron chi connectivity index (χ3n) is 4.10. The van der Waals surface area contributed by atoms with Gasteiger partial charge in [0.1, 0.15) is 5.75 Å². The van der Waals surface area contributed by atoms with Gasteiger partial charge in [0.2, 0.25) is 5.78 Å². The van der Waals surface area contributed by atoms with Gasteiger partial charge >= 0.3 is 0 Å². The summed E-state index contributed by atoms with van der Waals surface area (Å²) in [5.41, 5.74) is 3.27. The van der Waals surface area contributed by atoms with Crippen LogP contribution in [0.25, 0.3) is 22.3 Å². The molecule has 0 aliphatic rings. The molecule has 0 bridgehead atoms. The van der Waals surface area contributed by atoms with E-state index < -0.39 is 0 Å². The molecule has 0 fully saturated rings. The van der Waals surface area contributed by atoms with E-state index in [1.54, 1.807) is 36.8 Å². The highest BCUT2D eigenvalue weighted by molar-refractivity contribution is 7.17. The number of carbonyl (C=O) groups is 1. The predicted molar refractivity (Wildman–Crippen MR) is 104 cm³/mol. The van der Waals surface area contributed by atoms with Gasteiger partial charge in [-0.3, -0.25) is 9.20 Å². The Morgan fingerprint density at radius 3 is 2.77 bits per heavy atom. The van der Waals surface area contributed by atoms with Crippen molar-refractivity contribution in [2.45, 2.75) is 6.92 Å². The van der Waals surface area contributed by atoms with Crippen molar-refractivity contribution in [3.8, 4) is 17.0 Å². The lowest BCUT2D eigenvalue weighted by molar-refractivity contribution is 0.104. The number of aromatic amines is 1. The molecule has 6 heteroatoms. The van der Waals surface area contributed by atoms with Gasteiger partial charge in [0.05, 0.1) is 24.2 Å². The first-order valence-corrected chi connectivity index (χ1v) is 8.96. The second-order valence-corrected chi connectivity index (χ2v) is 7.06. The number of aromatic nitrogens is 3. The van der Waals surface area contributed by atoms with Gasteiger partial charge in [-0.25, -0.2) is 4.98 Å². The lowest BCUT2D eigenvalue weighted by Crippen LogP contribution is -1.94. The fraction of sp³-hybridized carbons (Fsp3) is 0.100. The molecule has 5 nitrogen and oxygen atoms in total. The highest BCUT2D eigenvalue weighted by Crippen LogP contribution is 2.30. The van der Waals surface area contributed by atoms with E-state index in [1.165, 1.54) is 4.88 Å². The normalized spacial score (nSPS) is 11.5. The molecule has 130 valence electrons. The van der Waals surface area contributed by atoms with Crippen LogP contribution in [0.5, 0.6) is 5.75 Å².